The maximum atomic E-state index is 12.0. The van der Waals surface area contributed by atoms with Crippen molar-refractivity contribution in [2.45, 2.75) is 37.6 Å². The summed E-state index contributed by atoms with van der Waals surface area (Å²) in [6.45, 7) is 0. The molecule has 1 aliphatic carbocycles. The zero-order valence-corrected chi connectivity index (χ0v) is 11.7. The van der Waals surface area contributed by atoms with Crippen LogP contribution < -0.4 is 5.32 Å². The largest absolute Gasteiger partial charge is 0.334 e. The van der Waals surface area contributed by atoms with E-state index < -0.39 is 5.54 Å². The number of hydrogen-bond donors (Lipinski definition) is 1. The topological polar surface area (TPSA) is 52.9 Å². The molecule has 17 heavy (non-hydrogen) atoms. The van der Waals surface area contributed by atoms with Gasteiger partial charge in [-0.15, -0.1) is 11.3 Å². The fourth-order valence-electron chi connectivity index (χ4n) is 2.14. The fourth-order valence-corrected chi connectivity index (χ4v) is 3.28. The Balaban J connectivity index is 2.09. The third-order valence-corrected chi connectivity index (χ3v) is 4.61. The van der Waals surface area contributed by atoms with Gasteiger partial charge in [0.2, 0.25) is 0 Å². The molecule has 0 bridgehead atoms. The van der Waals surface area contributed by atoms with Crippen LogP contribution in [-0.2, 0) is 0 Å². The van der Waals surface area contributed by atoms with Gasteiger partial charge in [0.05, 0.1) is 15.4 Å². The highest BCUT2D eigenvalue weighted by molar-refractivity contribution is 9.11. The Morgan fingerprint density at radius 1 is 1.47 bits per heavy atom. The molecule has 3 nitrogen and oxygen atoms in total. The molecule has 5 heteroatoms. The first-order chi connectivity index (χ1) is 8.15. The van der Waals surface area contributed by atoms with E-state index in [2.05, 4.69) is 27.3 Å². The number of nitriles is 1. The summed E-state index contributed by atoms with van der Waals surface area (Å²) in [6.07, 6.45) is 4.72. The predicted molar refractivity (Wildman–Crippen MR) is 70.9 cm³/mol. The quantitative estimate of drug-likeness (QED) is 0.909. The minimum Gasteiger partial charge on any atom is -0.334 e. The van der Waals surface area contributed by atoms with E-state index >= 15 is 0 Å². The average Bonchev–Trinajstić information content (AvgIpc) is 2.77. The number of hydrogen-bond acceptors (Lipinski definition) is 3. The second kappa shape index (κ2) is 5.19. The van der Waals surface area contributed by atoms with Gasteiger partial charge in [0, 0.05) is 5.38 Å². The second-order valence-corrected chi connectivity index (χ2v) is 6.64. The Morgan fingerprint density at radius 2 is 2.18 bits per heavy atom. The molecule has 1 aromatic heterocycles. The third-order valence-electron chi connectivity index (χ3n) is 3.10. The van der Waals surface area contributed by atoms with Crippen LogP contribution in [0.1, 0.15) is 42.5 Å². The molecule has 1 fully saturated rings. The Kier molecular flexibility index (Phi) is 3.85. The van der Waals surface area contributed by atoms with Gasteiger partial charge in [-0.1, -0.05) is 19.3 Å². The first kappa shape index (κ1) is 12.6. The van der Waals surface area contributed by atoms with Crippen molar-refractivity contribution in [1.29, 1.82) is 5.26 Å². The third kappa shape index (κ3) is 2.88. The SMILES string of the molecule is N#CC1(NC(=O)c2csc(Br)c2)CCCCC1. The number of thiophene rings is 1. The molecule has 0 aromatic carbocycles. The van der Waals surface area contributed by atoms with Gasteiger partial charge in [-0.3, -0.25) is 4.79 Å². The standard InChI is InChI=1S/C12H13BrN2OS/c13-10-6-9(7-17-10)11(16)15-12(8-14)4-2-1-3-5-12/h6-7H,1-5H2,(H,15,16). The lowest BCUT2D eigenvalue weighted by Crippen LogP contribution is -2.48. The van der Waals surface area contributed by atoms with Crippen LogP contribution in [0.25, 0.3) is 0 Å². The predicted octanol–water partition coefficient (Wildman–Crippen LogP) is 3.47. The van der Waals surface area contributed by atoms with Crippen LogP contribution >= 0.6 is 27.3 Å². The average molecular weight is 313 g/mol. The Hall–Kier alpha value is -0.860. The molecule has 0 radical (unpaired) electrons. The van der Waals surface area contributed by atoms with E-state index in [-0.39, 0.29) is 5.91 Å². The van der Waals surface area contributed by atoms with E-state index in [4.69, 9.17) is 0 Å². The lowest BCUT2D eigenvalue weighted by atomic mass is 9.82. The number of carbonyl (C=O) groups is 1. The summed E-state index contributed by atoms with van der Waals surface area (Å²) >= 11 is 4.80. The molecule has 1 aliphatic rings. The highest BCUT2D eigenvalue weighted by Crippen LogP contribution is 2.28. The molecule has 2 rings (SSSR count). The van der Waals surface area contributed by atoms with Crippen molar-refractivity contribution in [3.63, 3.8) is 0 Å². The zero-order valence-electron chi connectivity index (χ0n) is 9.33. The van der Waals surface area contributed by atoms with E-state index in [1.165, 1.54) is 11.3 Å². The fraction of sp³-hybridized carbons (Fsp3) is 0.500. The van der Waals surface area contributed by atoms with Gasteiger partial charge < -0.3 is 5.32 Å². The van der Waals surface area contributed by atoms with E-state index in [0.717, 1.165) is 35.9 Å². The van der Waals surface area contributed by atoms with Gasteiger partial charge in [-0.05, 0) is 34.8 Å². The van der Waals surface area contributed by atoms with Crippen LogP contribution in [0.15, 0.2) is 15.2 Å². The van der Waals surface area contributed by atoms with Crippen LogP contribution in [0.3, 0.4) is 0 Å². The number of nitrogens with one attached hydrogen (secondary N) is 1. The lowest BCUT2D eigenvalue weighted by molar-refractivity contribution is 0.0903. The Morgan fingerprint density at radius 3 is 2.71 bits per heavy atom. The molecule has 1 saturated carbocycles. The highest BCUT2D eigenvalue weighted by Gasteiger charge is 2.33. The molecule has 1 aromatic rings. The summed E-state index contributed by atoms with van der Waals surface area (Å²) < 4.78 is 0.928. The normalized spacial score (nSPS) is 18.4. The van der Waals surface area contributed by atoms with Crippen LogP contribution in [0.5, 0.6) is 0 Å². The van der Waals surface area contributed by atoms with Crippen molar-refractivity contribution in [2.75, 3.05) is 0 Å². The molecule has 90 valence electrons. The first-order valence-electron chi connectivity index (χ1n) is 5.63. The van der Waals surface area contributed by atoms with Gasteiger partial charge in [0.25, 0.3) is 5.91 Å². The van der Waals surface area contributed by atoms with Crippen molar-refractivity contribution >= 4 is 33.2 Å². The summed E-state index contributed by atoms with van der Waals surface area (Å²) in [5.41, 5.74) is -0.0221. The van der Waals surface area contributed by atoms with Crippen molar-refractivity contribution in [3.8, 4) is 6.07 Å². The van der Waals surface area contributed by atoms with E-state index in [1.807, 2.05) is 0 Å². The summed E-state index contributed by atoms with van der Waals surface area (Å²) in [4.78, 5) is 12.0. The number of rotatable bonds is 2. The summed E-state index contributed by atoms with van der Waals surface area (Å²) in [5.74, 6) is -0.143. The monoisotopic (exact) mass is 312 g/mol. The number of nitrogens with zero attached hydrogens (tertiary/aromatic N) is 1. The van der Waals surface area contributed by atoms with Crippen molar-refractivity contribution < 1.29 is 4.79 Å². The Labute approximate surface area is 113 Å². The molecule has 0 aliphatic heterocycles. The summed E-state index contributed by atoms with van der Waals surface area (Å²) in [7, 11) is 0. The van der Waals surface area contributed by atoms with E-state index in [1.54, 1.807) is 11.4 Å². The Bertz CT molecular complexity index is 457. The van der Waals surface area contributed by atoms with Crippen molar-refractivity contribution in [3.05, 3.63) is 20.8 Å². The molecule has 0 unspecified atom stereocenters. The number of amides is 1. The first-order valence-corrected chi connectivity index (χ1v) is 7.30. The van der Waals surface area contributed by atoms with Crippen LogP contribution in [0.2, 0.25) is 0 Å². The molecule has 0 atom stereocenters. The van der Waals surface area contributed by atoms with E-state index in [0.29, 0.717) is 5.56 Å². The minimum atomic E-state index is -0.649. The van der Waals surface area contributed by atoms with Gasteiger partial charge >= 0.3 is 0 Å². The number of carbonyl (C=O) groups excluding carboxylic acids is 1. The zero-order chi connectivity index (χ0) is 12.3. The van der Waals surface area contributed by atoms with Gasteiger partial charge in [0.1, 0.15) is 5.54 Å². The molecule has 1 heterocycles. The van der Waals surface area contributed by atoms with Gasteiger partial charge in [-0.25, -0.2) is 0 Å². The van der Waals surface area contributed by atoms with Gasteiger partial charge in [0.15, 0.2) is 0 Å². The number of halogens is 1. The molecule has 0 spiro atoms. The van der Waals surface area contributed by atoms with Crippen LogP contribution in [-0.4, -0.2) is 11.4 Å². The van der Waals surface area contributed by atoms with Crippen molar-refractivity contribution in [1.82, 2.24) is 5.32 Å². The molecular formula is C12H13BrN2OS. The smallest absolute Gasteiger partial charge is 0.253 e. The molecule has 0 saturated heterocycles. The van der Waals surface area contributed by atoms with Crippen molar-refractivity contribution in [2.24, 2.45) is 0 Å². The van der Waals surface area contributed by atoms with Crippen LogP contribution in [0, 0.1) is 11.3 Å². The molecule has 1 amide bonds. The molecular weight excluding hydrogens is 300 g/mol. The highest BCUT2D eigenvalue weighted by atomic mass is 79.9. The van der Waals surface area contributed by atoms with Crippen LogP contribution in [0.4, 0.5) is 0 Å². The maximum absolute atomic E-state index is 12.0. The minimum absolute atomic E-state index is 0.143. The maximum Gasteiger partial charge on any atom is 0.253 e. The van der Waals surface area contributed by atoms with E-state index in [9.17, 15) is 10.1 Å². The summed E-state index contributed by atoms with van der Waals surface area (Å²) in [5, 5.41) is 14.0. The summed E-state index contributed by atoms with van der Waals surface area (Å²) in [6, 6.07) is 4.07. The lowest BCUT2D eigenvalue weighted by Gasteiger charge is -2.31. The van der Waals surface area contributed by atoms with Gasteiger partial charge in [-0.2, -0.15) is 5.26 Å². The molecule has 1 N–H and O–H groups in total. The second-order valence-electron chi connectivity index (χ2n) is 4.35.